The van der Waals surface area contributed by atoms with Gasteiger partial charge in [-0.1, -0.05) is 41.9 Å². The van der Waals surface area contributed by atoms with Gasteiger partial charge in [0, 0.05) is 18.1 Å². The van der Waals surface area contributed by atoms with E-state index in [2.05, 4.69) is 33.5 Å². The van der Waals surface area contributed by atoms with Crippen molar-refractivity contribution in [2.24, 2.45) is 0 Å². The summed E-state index contributed by atoms with van der Waals surface area (Å²) in [5, 5.41) is 4.89. The molecule has 0 saturated heterocycles. The molecule has 0 aliphatic rings. The fraction of sp³-hybridized carbons (Fsp3) is 0.0667. The molecule has 2 aromatic heterocycles. The highest BCUT2D eigenvalue weighted by atomic mass is 35.5. The third-order valence-corrected chi connectivity index (χ3v) is 3.10. The van der Waals surface area contributed by atoms with Crippen molar-refractivity contribution in [2.45, 2.75) is 6.54 Å². The molecule has 1 N–H and O–H groups in total. The van der Waals surface area contributed by atoms with E-state index in [4.69, 9.17) is 11.6 Å². The molecule has 4 heteroatoms. The van der Waals surface area contributed by atoms with Gasteiger partial charge in [-0.3, -0.25) is 4.98 Å². The van der Waals surface area contributed by atoms with Gasteiger partial charge in [-0.15, -0.1) is 0 Å². The van der Waals surface area contributed by atoms with Gasteiger partial charge in [-0.05, 0) is 23.8 Å². The fourth-order valence-corrected chi connectivity index (χ4v) is 2.17. The van der Waals surface area contributed by atoms with Crippen LogP contribution in [0.25, 0.3) is 10.9 Å². The fourth-order valence-electron chi connectivity index (χ4n) is 2.00. The van der Waals surface area contributed by atoms with Gasteiger partial charge in [0.05, 0.1) is 5.52 Å². The lowest BCUT2D eigenvalue weighted by Gasteiger charge is -2.08. The number of benzene rings is 1. The first kappa shape index (κ1) is 11.9. The van der Waals surface area contributed by atoms with Crippen molar-refractivity contribution in [1.29, 1.82) is 0 Å². The maximum atomic E-state index is 5.86. The molecule has 1 aromatic carbocycles. The summed E-state index contributed by atoms with van der Waals surface area (Å²) in [4.78, 5) is 8.63. The summed E-state index contributed by atoms with van der Waals surface area (Å²) < 4.78 is 0. The van der Waals surface area contributed by atoms with E-state index in [1.54, 1.807) is 6.07 Å². The number of anilines is 1. The molecule has 3 nitrogen and oxygen atoms in total. The second kappa shape index (κ2) is 5.24. The highest BCUT2D eigenvalue weighted by Gasteiger charge is 2.02. The average molecular weight is 270 g/mol. The first-order valence-corrected chi connectivity index (χ1v) is 6.40. The van der Waals surface area contributed by atoms with Gasteiger partial charge in [0.25, 0.3) is 0 Å². The van der Waals surface area contributed by atoms with Gasteiger partial charge >= 0.3 is 0 Å². The number of nitrogens with zero attached hydrogens (tertiary/aromatic N) is 2. The number of nitrogens with one attached hydrogen (secondary N) is 1. The first-order valence-electron chi connectivity index (χ1n) is 6.02. The lowest BCUT2D eigenvalue weighted by molar-refractivity contribution is 1.12. The molecule has 3 rings (SSSR count). The minimum absolute atomic E-state index is 0.487. The Hall–Kier alpha value is -2.13. The van der Waals surface area contributed by atoms with Crippen LogP contribution in [0.5, 0.6) is 0 Å². The van der Waals surface area contributed by atoms with Crippen LogP contribution in [0, 0.1) is 0 Å². The van der Waals surface area contributed by atoms with Gasteiger partial charge in [0.15, 0.2) is 0 Å². The molecule has 94 valence electrons. The average Bonchev–Trinajstić information content (AvgIpc) is 2.45. The molecule has 0 aliphatic heterocycles. The Morgan fingerprint density at radius 2 is 1.84 bits per heavy atom. The predicted octanol–water partition coefficient (Wildman–Crippen LogP) is 3.90. The Morgan fingerprint density at radius 3 is 2.74 bits per heavy atom. The zero-order chi connectivity index (χ0) is 13.1. The summed E-state index contributed by atoms with van der Waals surface area (Å²) in [6.07, 6.45) is 1.81. The zero-order valence-electron chi connectivity index (χ0n) is 10.2. The lowest BCUT2D eigenvalue weighted by atomic mass is 10.1. The molecular formula is C15H12ClN3. The van der Waals surface area contributed by atoms with Crippen LogP contribution in [0.3, 0.4) is 0 Å². The van der Waals surface area contributed by atoms with E-state index < -0.39 is 0 Å². The van der Waals surface area contributed by atoms with E-state index in [1.807, 2.05) is 30.5 Å². The molecule has 0 spiro atoms. The van der Waals surface area contributed by atoms with Crippen molar-refractivity contribution < 1.29 is 0 Å². The highest BCUT2D eigenvalue weighted by Crippen LogP contribution is 2.17. The molecule has 0 amide bonds. The van der Waals surface area contributed by atoms with Crippen molar-refractivity contribution in [3.05, 3.63) is 65.4 Å². The van der Waals surface area contributed by atoms with Gasteiger partial charge in [0.2, 0.25) is 0 Å². The van der Waals surface area contributed by atoms with Crippen molar-refractivity contribution >= 4 is 28.3 Å². The molecule has 0 unspecified atom stereocenters. The number of rotatable bonds is 3. The summed E-state index contributed by atoms with van der Waals surface area (Å²) in [5.74, 6) is 0.764. The molecule has 0 radical (unpaired) electrons. The van der Waals surface area contributed by atoms with Crippen molar-refractivity contribution in [1.82, 2.24) is 9.97 Å². The minimum atomic E-state index is 0.487. The van der Waals surface area contributed by atoms with Crippen LogP contribution in [0.1, 0.15) is 5.56 Å². The summed E-state index contributed by atoms with van der Waals surface area (Å²) >= 11 is 5.86. The Balaban J connectivity index is 1.86. The van der Waals surface area contributed by atoms with E-state index in [0.717, 1.165) is 22.3 Å². The SMILES string of the molecule is Clc1cccc(NCc2cccc3cccnc23)n1. The van der Waals surface area contributed by atoms with Crippen LogP contribution in [-0.4, -0.2) is 9.97 Å². The Morgan fingerprint density at radius 1 is 1.00 bits per heavy atom. The smallest absolute Gasteiger partial charge is 0.131 e. The lowest BCUT2D eigenvalue weighted by Crippen LogP contribution is -2.02. The van der Waals surface area contributed by atoms with Gasteiger partial charge in [-0.25, -0.2) is 4.98 Å². The normalized spacial score (nSPS) is 10.6. The van der Waals surface area contributed by atoms with Crippen LogP contribution >= 0.6 is 11.6 Å². The second-order valence-corrected chi connectivity index (χ2v) is 4.58. The number of pyridine rings is 2. The maximum Gasteiger partial charge on any atom is 0.131 e. The number of aromatic nitrogens is 2. The van der Waals surface area contributed by atoms with Crippen molar-refractivity contribution in [2.75, 3.05) is 5.32 Å². The number of hydrogen-bond acceptors (Lipinski definition) is 3. The summed E-state index contributed by atoms with van der Waals surface area (Å²) in [5.41, 5.74) is 2.15. The van der Waals surface area contributed by atoms with Crippen LogP contribution in [-0.2, 0) is 6.54 Å². The third-order valence-electron chi connectivity index (χ3n) is 2.89. The molecule has 2 heterocycles. The van der Waals surface area contributed by atoms with E-state index >= 15 is 0 Å². The number of para-hydroxylation sites is 1. The molecular weight excluding hydrogens is 258 g/mol. The molecule has 3 aromatic rings. The summed E-state index contributed by atoms with van der Waals surface area (Å²) in [6, 6.07) is 15.7. The molecule has 0 bridgehead atoms. The molecule has 0 atom stereocenters. The molecule has 0 saturated carbocycles. The van der Waals surface area contributed by atoms with Gasteiger partial charge in [-0.2, -0.15) is 0 Å². The number of fused-ring (bicyclic) bond motifs is 1. The second-order valence-electron chi connectivity index (χ2n) is 4.19. The molecule has 0 aliphatic carbocycles. The van der Waals surface area contributed by atoms with Crippen LogP contribution in [0.2, 0.25) is 5.15 Å². The standard InChI is InChI=1S/C15H12ClN3/c16-13-7-2-8-14(19-13)18-10-12-5-1-4-11-6-3-9-17-15(11)12/h1-9H,10H2,(H,18,19). The van der Waals surface area contributed by atoms with Crippen LogP contribution < -0.4 is 5.32 Å². The zero-order valence-corrected chi connectivity index (χ0v) is 10.9. The largest absolute Gasteiger partial charge is 0.366 e. The van der Waals surface area contributed by atoms with Gasteiger partial charge in [0.1, 0.15) is 11.0 Å². The van der Waals surface area contributed by atoms with Crippen LogP contribution in [0.15, 0.2) is 54.7 Å². The Bertz CT molecular complexity index is 707. The minimum Gasteiger partial charge on any atom is -0.366 e. The van der Waals surface area contributed by atoms with E-state index in [-0.39, 0.29) is 0 Å². The Kier molecular flexibility index (Phi) is 3.29. The van der Waals surface area contributed by atoms with Gasteiger partial charge < -0.3 is 5.32 Å². The highest BCUT2D eigenvalue weighted by molar-refractivity contribution is 6.29. The van der Waals surface area contributed by atoms with E-state index in [9.17, 15) is 0 Å². The number of halogens is 1. The molecule has 0 fully saturated rings. The van der Waals surface area contributed by atoms with E-state index in [1.165, 1.54) is 0 Å². The van der Waals surface area contributed by atoms with Crippen molar-refractivity contribution in [3.63, 3.8) is 0 Å². The first-order chi connectivity index (χ1) is 9.33. The summed E-state index contributed by atoms with van der Waals surface area (Å²) in [7, 11) is 0. The third kappa shape index (κ3) is 2.66. The van der Waals surface area contributed by atoms with E-state index in [0.29, 0.717) is 11.7 Å². The summed E-state index contributed by atoms with van der Waals surface area (Å²) in [6.45, 7) is 0.668. The molecule has 19 heavy (non-hydrogen) atoms. The monoisotopic (exact) mass is 269 g/mol. The van der Waals surface area contributed by atoms with Crippen molar-refractivity contribution in [3.8, 4) is 0 Å². The maximum absolute atomic E-state index is 5.86. The quantitative estimate of drug-likeness (QED) is 0.733. The van der Waals surface area contributed by atoms with Crippen LogP contribution in [0.4, 0.5) is 5.82 Å². The number of hydrogen-bond donors (Lipinski definition) is 1. The predicted molar refractivity (Wildman–Crippen MR) is 78.3 cm³/mol. The Labute approximate surface area is 116 Å². The topological polar surface area (TPSA) is 37.8 Å².